The number of benzene rings is 1. The van der Waals surface area contributed by atoms with E-state index in [1.54, 1.807) is 0 Å². The van der Waals surface area contributed by atoms with Crippen molar-refractivity contribution >= 4 is 57.1 Å². The summed E-state index contributed by atoms with van der Waals surface area (Å²) in [5.41, 5.74) is 0.226. The smallest absolute Gasteiger partial charge is 0.339 e. The number of carbonyl (C=O) groups is 2. The predicted molar refractivity (Wildman–Crippen MR) is 76.7 cm³/mol. The van der Waals surface area contributed by atoms with E-state index in [0.717, 1.165) is 0 Å². The molecule has 0 saturated carbocycles. The molecule has 7 heteroatoms. The summed E-state index contributed by atoms with van der Waals surface area (Å²) in [6.07, 6.45) is 0. The minimum Gasteiger partial charge on any atom is -0.508 e. The first-order valence-electron chi connectivity index (χ1n) is 4.38. The molecule has 0 aliphatic rings. The fourth-order valence-electron chi connectivity index (χ4n) is 1.11. The van der Waals surface area contributed by atoms with Crippen LogP contribution in [0.25, 0.3) is 0 Å². The lowest BCUT2D eigenvalue weighted by molar-refractivity contribution is 0.0588. The molecule has 0 unspecified atom stereocenters. The number of hydrogen-bond donors (Lipinski definition) is 1. The molecule has 0 radical (unpaired) electrons. The molecular formula is C10H8I2O5. The second kappa shape index (κ2) is 6.99. The molecular weight excluding hydrogens is 454 g/mol. The fourth-order valence-corrected chi connectivity index (χ4v) is 1.68. The van der Waals surface area contributed by atoms with E-state index in [2.05, 4.69) is 0 Å². The summed E-state index contributed by atoms with van der Waals surface area (Å²) in [4.78, 5) is 22.9. The number of aromatic hydroxyl groups is 1. The maximum absolute atomic E-state index is 11.4. The summed E-state index contributed by atoms with van der Waals surface area (Å²) in [5.74, 6) is -1.38. The predicted octanol–water partition coefficient (Wildman–Crippen LogP) is 2.49. The van der Waals surface area contributed by atoms with Crippen LogP contribution < -0.4 is 0 Å². The van der Waals surface area contributed by atoms with Gasteiger partial charge in [-0.1, -0.05) is 0 Å². The summed E-state index contributed by atoms with van der Waals surface area (Å²) in [5, 5.41) is 9.41. The topological polar surface area (TPSA) is 72.8 Å². The van der Waals surface area contributed by atoms with Gasteiger partial charge in [0.1, 0.15) is 15.0 Å². The van der Waals surface area contributed by atoms with Crippen LogP contribution in [-0.4, -0.2) is 26.3 Å². The molecule has 92 valence electrons. The highest BCUT2D eigenvalue weighted by Gasteiger charge is 2.14. The Morgan fingerprint density at radius 1 is 1.00 bits per heavy atom. The minimum atomic E-state index is -0.598. The number of esters is 2. The molecule has 0 fully saturated rings. The van der Waals surface area contributed by atoms with Crippen molar-refractivity contribution < 1.29 is 24.2 Å². The van der Waals surface area contributed by atoms with Gasteiger partial charge in [0.25, 0.3) is 0 Å². The van der Waals surface area contributed by atoms with Crippen LogP contribution in [0.5, 0.6) is 5.75 Å². The van der Waals surface area contributed by atoms with Crippen LogP contribution in [0.2, 0.25) is 0 Å². The van der Waals surface area contributed by atoms with Crippen LogP contribution in [0, 0.1) is 0 Å². The third-order valence-electron chi connectivity index (χ3n) is 1.76. The Morgan fingerprint density at radius 2 is 1.41 bits per heavy atom. The molecule has 0 saturated heterocycles. The van der Waals surface area contributed by atoms with E-state index < -0.39 is 11.9 Å². The minimum absolute atomic E-state index is 0.113. The largest absolute Gasteiger partial charge is 0.508 e. The average Bonchev–Trinajstić information content (AvgIpc) is 2.29. The van der Waals surface area contributed by atoms with E-state index in [0.29, 0.717) is 0 Å². The molecule has 0 heterocycles. The molecule has 1 aromatic rings. The number of alkyl halides is 2. The maximum Gasteiger partial charge on any atom is 0.339 e. The zero-order valence-electron chi connectivity index (χ0n) is 8.48. The summed E-state index contributed by atoms with van der Waals surface area (Å²) < 4.78 is 9.91. The molecule has 1 aromatic carbocycles. The number of halogens is 2. The van der Waals surface area contributed by atoms with Gasteiger partial charge in [0.15, 0.2) is 0 Å². The normalized spacial score (nSPS) is 9.76. The van der Waals surface area contributed by atoms with Crippen molar-refractivity contribution in [2.24, 2.45) is 0 Å². The van der Waals surface area contributed by atoms with Gasteiger partial charge in [-0.05, 0) is 63.4 Å². The standard InChI is InChI=1S/C10H8I2O5/c11-4-16-9(14)6-1-7(3-8(13)2-6)10(15)17-5-12/h1-3,13H,4-5H2. The Morgan fingerprint density at radius 3 is 1.76 bits per heavy atom. The highest BCUT2D eigenvalue weighted by Crippen LogP contribution is 2.18. The van der Waals surface area contributed by atoms with E-state index in [1.165, 1.54) is 18.2 Å². The summed E-state index contributed by atoms with van der Waals surface area (Å²) in [6, 6.07) is 3.79. The number of phenols is 1. The van der Waals surface area contributed by atoms with Crippen molar-refractivity contribution in [1.82, 2.24) is 0 Å². The first-order chi connectivity index (χ1) is 8.08. The van der Waals surface area contributed by atoms with E-state index in [4.69, 9.17) is 9.47 Å². The third-order valence-corrected chi connectivity index (χ3v) is 2.38. The van der Waals surface area contributed by atoms with Crippen molar-refractivity contribution in [2.45, 2.75) is 0 Å². The zero-order chi connectivity index (χ0) is 12.8. The van der Waals surface area contributed by atoms with Gasteiger partial charge in [0.2, 0.25) is 0 Å². The SMILES string of the molecule is O=C(OCI)c1cc(O)cc(C(=O)OCI)c1. The number of ether oxygens (including phenoxy) is 2. The van der Waals surface area contributed by atoms with Crippen molar-refractivity contribution in [1.29, 1.82) is 0 Å². The van der Waals surface area contributed by atoms with Crippen molar-refractivity contribution in [3.8, 4) is 5.75 Å². The van der Waals surface area contributed by atoms with Gasteiger partial charge in [0, 0.05) is 0 Å². The van der Waals surface area contributed by atoms with Crippen molar-refractivity contribution in [2.75, 3.05) is 9.23 Å². The molecule has 0 spiro atoms. The Hall–Kier alpha value is -0.580. The molecule has 1 rings (SSSR count). The highest BCUT2D eigenvalue weighted by atomic mass is 127. The van der Waals surface area contributed by atoms with E-state index in [1.807, 2.05) is 45.2 Å². The van der Waals surface area contributed by atoms with Gasteiger partial charge >= 0.3 is 11.9 Å². The van der Waals surface area contributed by atoms with Crippen LogP contribution in [0.1, 0.15) is 20.7 Å². The summed E-state index contributed by atoms with van der Waals surface area (Å²) in [7, 11) is 0. The second-order valence-corrected chi connectivity index (χ2v) is 4.10. The lowest BCUT2D eigenvalue weighted by atomic mass is 10.1. The first kappa shape index (κ1) is 14.5. The highest BCUT2D eigenvalue weighted by molar-refractivity contribution is 14.1. The number of hydrogen-bond acceptors (Lipinski definition) is 5. The van der Waals surface area contributed by atoms with E-state index in [9.17, 15) is 14.7 Å². The molecule has 0 atom stereocenters. The first-order valence-corrected chi connectivity index (χ1v) is 7.44. The van der Waals surface area contributed by atoms with E-state index >= 15 is 0 Å². The lowest BCUT2D eigenvalue weighted by Crippen LogP contribution is -2.08. The van der Waals surface area contributed by atoms with Gasteiger partial charge < -0.3 is 14.6 Å². The summed E-state index contributed by atoms with van der Waals surface area (Å²) >= 11 is 3.75. The maximum atomic E-state index is 11.4. The van der Waals surface area contributed by atoms with Gasteiger partial charge in [-0.15, -0.1) is 0 Å². The Labute approximate surface area is 125 Å². The van der Waals surface area contributed by atoms with Gasteiger partial charge in [0.05, 0.1) is 11.1 Å². The van der Waals surface area contributed by atoms with Gasteiger partial charge in [-0.2, -0.15) is 0 Å². The Bertz CT molecular complexity index is 396. The molecule has 0 aliphatic carbocycles. The number of carbonyl (C=O) groups excluding carboxylic acids is 2. The van der Waals surface area contributed by atoms with Crippen LogP contribution in [0.15, 0.2) is 18.2 Å². The number of rotatable bonds is 4. The zero-order valence-corrected chi connectivity index (χ0v) is 12.8. The Kier molecular flexibility index (Phi) is 5.95. The quantitative estimate of drug-likeness (QED) is 0.423. The Balaban J connectivity index is 3.01. The van der Waals surface area contributed by atoms with Crippen molar-refractivity contribution in [3.05, 3.63) is 29.3 Å². The third kappa shape index (κ3) is 4.30. The fraction of sp³-hybridized carbons (Fsp3) is 0.200. The summed E-state index contributed by atoms with van der Waals surface area (Å²) in [6.45, 7) is 0. The van der Waals surface area contributed by atoms with Crippen molar-refractivity contribution in [3.63, 3.8) is 0 Å². The molecule has 0 amide bonds. The van der Waals surface area contributed by atoms with Crippen LogP contribution in [0.3, 0.4) is 0 Å². The van der Waals surface area contributed by atoms with E-state index in [-0.39, 0.29) is 26.1 Å². The molecule has 17 heavy (non-hydrogen) atoms. The molecule has 1 N–H and O–H groups in total. The van der Waals surface area contributed by atoms with Gasteiger partial charge in [-0.3, -0.25) is 0 Å². The van der Waals surface area contributed by atoms with Crippen LogP contribution >= 0.6 is 45.2 Å². The number of phenolic OH excluding ortho intramolecular Hbond substituents is 1. The molecule has 0 aromatic heterocycles. The van der Waals surface area contributed by atoms with Gasteiger partial charge in [-0.25, -0.2) is 9.59 Å². The molecule has 0 bridgehead atoms. The second-order valence-electron chi connectivity index (χ2n) is 2.85. The molecule has 5 nitrogen and oxygen atoms in total. The molecule has 0 aliphatic heterocycles. The average molecular weight is 462 g/mol. The lowest BCUT2D eigenvalue weighted by Gasteiger charge is -2.05. The van der Waals surface area contributed by atoms with Crippen LogP contribution in [0.4, 0.5) is 0 Å². The van der Waals surface area contributed by atoms with Crippen LogP contribution in [-0.2, 0) is 9.47 Å². The monoisotopic (exact) mass is 462 g/mol.